The van der Waals surface area contributed by atoms with Crippen LogP contribution in [0, 0.1) is 11.3 Å². The molecule has 1 saturated heterocycles. The number of rotatable bonds is 10. The van der Waals surface area contributed by atoms with Crippen molar-refractivity contribution in [3.63, 3.8) is 0 Å². The Bertz CT molecular complexity index is 823. The number of ether oxygens (including phenoxy) is 1. The fourth-order valence-electron chi connectivity index (χ4n) is 5.16. The summed E-state index contributed by atoms with van der Waals surface area (Å²) in [6, 6.07) is -0.951. The Hall–Kier alpha value is -1.81. The van der Waals surface area contributed by atoms with Crippen molar-refractivity contribution < 1.29 is 33.5 Å². The fraction of sp³-hybridized carbons (Fsp3) is 0.889. The third-order valence-corrected chi connectivity index (χ3v) is 8.18. The predicted molar refractivity (Wildman–Crippen MR) is 143 cm³/mol. The predicted octanol–water partition coefficient (Wildman–Crippen LogP) is 4.88. The van der Waals surface area contributed by atoms with Crippen LogP contribution in [-0.4, -0.2) is 71.0 Å². The van der Waals surface area contributed by atoms with E-state index in [0.717, 1.165) is 19.2 Å². The Morgan fingerprint density at radius 1 is 1.11 bits per heavy atom. The zero-order chi connectivity index (χ0) is 28.4. The minimum atomic E-state index is -0.860. The molecule has 0 radical (unpaired) electrons. The van der Waals surface area contributed by atoms with Crippen molar-refractivity contribution in [1.82, 2.24) is 10.2 Å². The van der Waals surface area contributed by atoms with Crippen LogP contribution in [0.3, 0.4) is 0 Å². The third kappa shape index (κ3) is 7.85. The number of likely N-dealkylation sites (N-methyl/N-ethyl adjacent to an activating group) is 1. The molecule has 0 spiro atoms. The van der Waals surface area contributed by atoms with E-state index < -0.39 is 29.1 Å². The lowest BCUT2D eigenvalue weighted by Gasteiger charge is -2.32. The summed E-state index contributed by atoms with van der Waals surface area (Å²) in [4.78, 5) is 39.7. The van der Waals surface area contributed by atoms with Crippen LogP contribution >= 0.6 is 0 Å². The molecule has 2 rings (SSSR count). The number of unbranched alkanes of at least 4 members (excludes halogenated alkanes) is 1. The molecule has 1 saturated carbocycles. The van der Waals surface area contributed by atoms with Gasteiger partial charge in [-0.3, -0.25) is 9.59 Å². The molecule has 2 amide bonds. The van der Waals surface area contributed by atoms with Gasteiger partial charge in [0.15, 0.2) is 0 Å². The highest BCUT2D eigenvalue weighted by Crippen LogP contribution is 2.45. The minimum absolute atomic E-state index is 0.150. The van der Waals surface area contributed by atoms with Crippen molar-refractivity contribution in [3.05, 3.63) is 0 Å². The van der Waals surface area contributed by atoms with Gasteiger partial charge in [0.25, 0.3) is 0 Å². The Kier molecular flexibility index (Phi) is 9.78. The Labute approximate surface area is 223 Å². The maximum absolute atomic E-state index is 13.3. The lowest BCUT2D eigenvalue weighted by molar-refractivity contribution is -0.150. The van der Waals surface area contributed by atoms with E-state index in [-0.39, 0.29) is 36.2 Å². The Morgan fingerprint density at radius 2 is 1.68 bits per heavy atom. The molecule has 37 heavy (non-hydrogen) atoms. The molecule has 0 aromatic heterocycles. The van der Waals surface area contributed by atoms with E-state index in [0.29, 0.717) is 25.7 Å². The Balaban J connectivity index is 1.95. The van der Waals surface area contributed by atoms with E-state index in [4.69, 9.17) is 14.0 Å². The molecule has 0 aromatic rings. The molecule has 1 aliphatic heterocycles. The molecule has 1 heterocycles. The molecule has 1 aliphatic carbocycles. The summed E-state index contributed by atoms with van der Waals surface area (Å²) in [6.45, 7) is 17.1. The number of nitrogens with zero attached hydrogens (tertiary/aromatic N) is 1. The topological polar surface area (TPSA) is 114 Å². The highest BCUT2D eigenvalue weighted by molar-refractivity contribution is 6.45. The van der Waals surface area contributed by atoms with Gasteiger partial charge in [-0.1, -0.05) is 26.7 Å². The lowest BCUT2D eigenvalue weighted by Crippen LogP contribution is -2.53. The van der Waals surface area contributed by atoms with Crippen LogP contribution in [0.2, 0.25) is 6.32 Å². The second-order valence-electron chi connectivity index (χ2n) is 13.2. The van der Waals surface area contributed by atoms with E-state index in [1.165, 1.54) is 0 Å². The van der Waals surface area contributed by atoms with Crippen LogP contribution < -0.4 is 5.32 Å². The minimum Gasteiger partial charge on any atom is -0.481 e. The van der Waals surface area contributed by atoms with Crippen LogP contribution in [-0.2, 0) is 23.6 Å². The molecule has 10 heteroatoms. The summed E-state index contributed by atoms with van der Waals surface area (Å²) < 4.78 is 17.5. The standard InChI is InChI=1S/C27H49BN2O7/c1-18(2)20(29-23(34)35-24(3,4)5)21(31)30(10)19-13-15-27(17-19,22(32)33)14-11-12-16-28-36-25(6,7)26(8,9)37-28/h18-20H,11-17H2,1-10H3,(H,29,34)(H,32,33)/t19-,20-,27-/m0/s1. The lowest BCUT2D eigenvalue weighted by atomic mass is 9.77. The van der Waals surface area contributed by atoms with Gasteiger partial charge in [-0.25, -0.2) is 4.79 Å². The van der Waals surface area contributed by atoms with E-state index in [1.54, 1.807) is 32.7 Å². The number of alkyl carbamates (subject to hydrolysis) is 1. The molecule has 2 N–H and O–H groups in total. The van der Waals surface area contributed by atoms with Gasteiger partial charge in [0, 0.05) is 13.1 Å². The van der Waals surface area contributed by atoms with Crippen LogP contribution in [0.15, 0.2) is 0 Å². The van der Waals surface area contributed by atoms with Crippen LogP contribution in [0.4, 0.5) is 4.79 Å². The smallest absolute Gasteiger partial charge is 0.457 e. The number of carboxylic acids is 1. The largest absolute Gasteiger partial charge is 0.481 e. The third-order valence-electron chi connectivity index (χ3n) is 8.18. The first-order chi connectivity index (χ1) is 16.8. The fourth-order valence-corrected chi connectivity index (χ4v) is 5.16. The van der Waals surface area contributed by atoms with Gasteiger partial charge < -0.3 is 29.4 Å². The maximum Gasteiger partial charge on any atom is 0.457 e. The number of carboxylic acid groups (broad SMARTS) is 1. The second-order valence-corrected chi connectivity index (χ2v) is 13.2. The van der Waals surface area contributed by atoms with Gasteiger partial charge in [0.05, 0.1) is 16.6 Å². The molecule has 2 fully saturated rings. The zero-order valence-corrected chi connectivity index (χ0v) is 24.6. The van der Waals surface area contributed by atoms with Gasteiger partial charge in [-0.15, -0.1) is 0 Å². The highest BCUT2D eigenvalue weighted by atomic mass is 16.7. The first-order valence-electron chi connectivity index (χ1n) is 13.7. The number of aliphatic carboxylic acids is 1. The van der Waals surface area contributed by atoms with Gasteiger partial charge in [0.1, 0.15) is 11.6 Å². The summed E-state index contributed by atoms with van der Waals surface area (Å²) in [5.74, 6) is -1.19. The molecular formula is C27H49BN2O7. The number of hydrogen-bond acceptors (Lipinski definition) is 6. The average Bonchev–Trinajstić information content (AvgIpc) is 3.25. The van der Waals surface area contributed by atoms with Crippen LogP contribution in [0.25, 0.3) is 0 Å². The van der Waals surface area contributed by atoms with Crippen molar-refractivity contribution in [1.29, 1.82) is 0 Å². The number of nitrogens with one attached hydrogen (secondary N) is 1. The number of carbonyl (C=O) groups is 3. The second kappa shape index (κ2) is 11.5. The van der Waals surface area contributed by atoms with Gasteiger partial charge in [0.2, 0.25) is 5.91 Å². The van der Waals surface area contributed by atoms with E-state index in [9.17, 15) is 19.5 Å². The summed E-state index contributed by atoms with van der Waals surface area (Å²) in [5, 5.41) is 12.9. The molecule has 212 valence electrons. The molecule has 3 atom stereocenters. The van der Waals surface area contributed by atoms with E-state index >= 15 is 0 Å². The van der Waals surface area contributed by atoms with E-state index in [1.807, 2.05) is 41.5 Å². The molecule has 0 aromatic carbocycles. The molecule has 0 bridgehead atoms. The number of hydrogen-bond donors (Lipinski definition) is 2. The summed E-state index contributed by atoms with van der Waals surface area (Å²) in [5.41, 5.74) is -2.28. The Morgan fingerprint density at radius 3 is 2.16 bits per heavy atom. The molecular weight excluding hydrogens is 475 g/mol. The van der Waals surface area contributed by atoms with Gasteiger partial charge in [-0.2, -0.15) is 0 Å². The summed E-state index contributed by atoms with van der Waals surface area (Å²) in [7, 11) is 1.42. The molecule has 2 aliphatic rings. The van der Waals surface area contributed by atoms with Crippen molar-refractivity contribution in [2.45, 2.75) is 136 Å². The van der Waals surface area contributed by atoms with Crippen molar-refractivity contribution in [3.8, 4) is 0 Å². The van der Waals surface area contributed by atoms with Crippen LogP contribution in [0.1, 0.15) is 101 Å². The van der Waals surface area contributed by atoms with Crippen molar-refractivity contribution >= 4 is 25.1 Å². The highest BCUT2D eigenvalue weighted by Gasteiger charge is 2.51. The SMILES string of the molecule is CC(C)[C@H](NC(=O)OC(C)(C)C)C(=O)N(C)[C@H]1CC[C@](CCCCB2OC(C)(C)C(C)(C)O2)(C(=O)O)C1. The first-order valence-corrected chi connectivity index (χ1v) is 13.7. The van der Waals surface area contributed by atoms with Crippen molar-refractivity contribution in [2.75, 3.05) is 7.05 Å². The molecule has 9 nitrogen and oxygen atoms in total. The van der Waals surface area contributed by atoms with Crippen molar-refractivity contribution in [2.24, 2.45) is 11.3 Å². The van der Waals surface area contributed by atoms with Crippen LogP contribution in [0.5, 0.6) is 0 Å². The van der Waals surface area contributed by atoms with Gasteiger partial charge in [-0.05, 0) is 86.4 Å². The zero-order valence-electron chi connectivity index (χ0n) is 24.6. The average molecular weight is 525 g/mol. The quantitative estimate of drug-likeness (QED) is 0.309. The van der Waals surface area contributed by atoms with Gasteiger partial charge >= 0.3 is 19.2 Å². The maximum atomic E-state index is 13.3. The summed E-state index contributed by atoms with van der Waals surface area (Å²) >= 11 is 0. The monoisotopic (exact) mass is 524 g/mol. The number of carbonyl (C=O) groups excluding carboxylic acids is 2. The summed E-state index contributed by atoms with van der Waals surface area (Å²) in [6.07, 6.45) is 3.71. The first kappa shape index (κ1) is 31.4. The van der Waals surface area contributed by atoms with E-state index in [2.05, 4.69) is 5.32 Å². The molecule has 0 unspecified atom stereocenters. The number of amides is 2. The normalized spacial score (nSPS) is 25.7.